The number of benzene rings is 3. The summed E-state index contributed by atoms with van der Waals surface area (Å²) < 4.78 is 15.2. The van der Waals surface area contributed by atoms with Gasteiger partial charge in [0, 0.05) is 16.2 Å². The smallest absolute Gasteiger partial charge is 0.399 e. The van der Waals surface area contributed by atoms with E-state index in [-0.39, 0.29) is 23.7 Å². The molecule has 1 aromatic heterocycles. The van der Waals surface area contributed by atoms with Gasteiger partial charge in [-0.15, -0.1) is 0 Å². The summed E-state index contributed by atoms with van der Waals surface area (Å²) in [5, 5.41) is 2.62. The molecule has 0 saturated carbocycles. The van der Waals surface area contributed by atoms with Crippen LogP contribution in [0.4, 0.5) is 0 Å². The standard InChI is InChI=1S/C27H28BNO2/c1-25(2)20-12-9-11-19-18-10-7-8-13-22(18)29(24(19)20)23-15-14-17(16-21(23)25)28-30-26(3,4)27(5,6)31-28/h7-16H,1-6H3. The van der Waals surface area contributed by atoms with Gasteiger partial charge in [0.25, 0.3) is 0 Å². The molecule has 3 aromatic carbocycles. The summed E-state index contributed by atoms with van der Waals surface area (Å²) >= 11 is 0. The van der Waals surface area contributed by atoms with Crippen molar-refractivity contribution in [3.05, 3.63) is 71.8 Å². The Morgan fingerprint density at radius 3 is 2.13 bits per heavy atom. The first-order valence-electron chi connectivity index (χ1n) is 11.1. The van der Waals surface area contributed by atoms with Gasteiger partial charge in [0.2, 0.25) is 0 Å². The zero-order chi connectivity index (χ0) is 21.8. The van der Waals surface area contributed by atoms with Gasteiger partial charge in [0.15, 0.2) is 0 Å². The second-order valence-corrected chi connectivity index (χ2v) is 10.5. The van der Waals surface area contributed by atoms with Crippen LogP contribution in [0.15, 0.2) is 60.7 Å². The van der Waals surface area contributed by atoms with E-state index >= 15 is 0 Å². The van der Waals surface area contributed by atoms with E-state index in [4.69, 9.17) is 9.31 Å². The van der Waals surface area contributed by atoms with Crippen molar-refractivity contribution in [1.82, 2.24) is 4.57 Å². The molecule has 3 nitrogen and oxygen atoms in total. The fourth-order valence-corrected chi connectivity index (χ4v) is 5.29. The molecule has 0 N–H and O–H groups in total. The van der Waals surface area contributed by atoms with Gasteiger partial charge < -0.3 is 13.9 Å². The van der Waals surface area contributed by atoms with Crippen LogP contribution in [0.5, 0.6) is 0 Å². The Morgan fingerprint density at radius 1 is 0.710 bits per heavy atom. The molecule has 4 heteroatoms. The second-order valence-electron chi connectivity index (χ2n) is 10.5. The molecule has 3 heterocycles. The molecular weight excluding hydrogens is 381 g/mol. The fourth-order valence-electron chi connectivity index (χ4n) is 5.29. The molecule has 1 saturated heterocycles. The average Bonchev–Trinajstić information content (AvgIpc) is 3.17. The predicted molar refractivity (Wildman–Crippen MR) is 129 cm³/mol. The van der Waals surface area contributed by atoms with E-state index in [0.717, 1.165) is 5.46 Å². The van der Waals surface area contributed by atoms with Crippen molar-refractivity contribution in [2.75, 3.05) is 0 Å². The summed E-state index contributed by atoms with van der Waals surface area (Å²) in [6.07, 6.45) is 0. The quantitative estimate of drug-likeness (QED) is 0.375. The number of hydrogen-bond donors (Lipinski definition) is 0. The Balaban J connectivity index is 1.61. The van der Waals surface area contributed by atoms with Crippen LogP contribution in [0.1, 0.15) is 52.7 Å². The third kappa shape index (κ3) is 2.38. The zero-order valence-corrected chi connectivity index (χ0v) is 19.1. The Hall–Kier alpha value is -2.56. The molecule has 0 radical (unpaired) electrons. The van der Waals surface area contributed by atoms with Crippen molar-refractivity contribution in [3.63, 3.8) is 0 Å². The number of aromatic nitrogens is 1. The highest BCUT2D eigenvalue weighted by atomic mass is 16.7. The van der Waals surface area contributed by atoms with Gasteiger partial charge in [-0.05, 0) is 56.4 Å². The van der Waals surface area contributed by atoms with Crippen LogP contribution >= 0.6 is 0 Å². The van der Waals surface area contributed by atoms with Gasteiger partial charge in [-0.25, -0.2) is 0 Å². The molecule has 2 aliphatic heterocycles. The van der Waals surface area contributed by atoms with Crippen LogP contribution in [0.25, 0.3) is 27.5 Å². The maximum absolute atomic E-state index is 6.36. The molecule has 0 atom stereocenters. The Morgan fingerprint density at radius 2 is 1.39 bits per heavy atom. The molecule has 2 aliphatic rings. The Bertz CT molecular complexity index is 1360. The fraction of sp³-hybridized carbons (Fsp3) is 0.333. The molecule has 1 fully saturated rings. The topological polar surface area (TPSA) is 23.4 Å². The highest BCUT2D eigenvalue weighted by Gasteiger charge is 2.52. The molecule has 0 unspecified atom stereocenters. The van der Waals surface area contributed by atoms with E-state index in [1.807, 2.05) is 0 Å². The molecule has 0 aliphatic carbocycles. The van der Waals surface area contributed by atoms with Crippen LogP contribution in [0.2, 0.25) is 0 Å². The molecule has 6 rings (SSSR count). The summed E-state index contributed by atoms with van der Waals surface area (Å²) in [6, 6.07) is 22.2. The van der Waals surface area contributed by atoms with Gasteiger partial charge in [-0.3, -0.25) is 0 Å². The van der Waals surface area contributed by atoms with Crippen LogP contribution in [0, 0.1) is 0 Å². The highest BCUT2D eigenvalue weighted by Crippen LogP contribution is 2.47. The van der Waals surface area contributed by atoms with Crippen molar-refractivity contribution in [2.45, 2.75) is 58.2 Å². The lowest BCUT2D eigenvalue weighted by atomic mass is 9.70. The van der Waals surface area contributed by atoms with E-state index < -0.39 is 0 Å². The minimum atomic E-state index is -0.357. The summed E-state index contributed by atoms with van der Waals surface area (Å²) in [5.74, 6) is 0. The lowest BCUT2D eigenvalue weighted by Crippen LogP contribution is -2.41. The van der Waals surface area contributed by atoms with Crippen LogP contribution < -0.4 is 5.46 Å². The second kappa shape index (κ2) is 5.82. The van der Waals surface area contributed by atoms with E-state index in [1.165, 1.54) is 38.6 Å². The monoisotopic (exact) mass is 409 g/mol. The van der Waals surface area contributed by atoms with Crippen molar-refractivity contribution >= 4 is 34.4 Å². The van der Waals surface area contributed by atoms with Gasteiger partial charge in [0.1, 0.15) is 0 Å². The normalized spacial score (nSPS) is 20.4. The number of hydrogen-bond acceptors (Lipinski definition) is 2. The first-order chi connectivity index (χ1) is 14.6. The van der Waals surface area contributed by atoms with Crippen molar-refractivity contribution < 1.29 is 9.31 Å². The Labute approximate surface area is 184 Å². The van der Waals surface area contributed by atoms with E-state index in [1.54, 1.807) is 0 Å². The summed E-state index contributed by atoms with van der Waals surface area (Å²) in [4.78, 5) is 0. The highest BCUT2D eigenvalue weighted by molar-refractivity contribution is 6.62. The first-order valence-corrected chi connectivity index (χ1v) is 11.1. The number of rotatable bonds is 1. The molecule has 0 bridgehead atoms. The minimum absolute atomic E-state index is 0.126. The van der Waals surface area contributed by atoms with E-state index in [2.05, 4.69) is 107 Å². The third-order valence-electron chi connectivity index (χ3n) is 7.83. The summed E-state index contributed by atoms with van der Waals surface area (Å²) in [7, 11) is -0.357. The van der Waals surface area contributed by atoms with Gasteiger partial charge in [-0.2, -0.15) is 0 Å². The van der Waals surface area contributed by atoms with Crippen LogP contribution in [-0.4, -0.2) is 22.9 Å². The van der Waals surface area contributed by atoms with Crippen molar-refractivity contribution in [2.24, 2.45) is 0 Å². The molecule has 4 aromatic rings. The van der Waals surface area contributed by atoms with Gasteiger partial charge in [-0.1, -0.05) is 62.4 Å². The molecule has 0 amide bonds. The lowest BCUT2D eigenvalue weighted by molar-refractivity contribution is 0.00578. The van der Waals surface area contributed by atoms with E-state index in [0.29, 0.717) is 0 Å². The van der Waals surface area contributed by atoms with Crippen LogP contribution in [0.3, 0.4) is 0 Å². The summed E-state index contributed by atoms with van der Waals surface area (Å²) in [5.41, 5.74) is 6.75. The maximum Gasteiger partial charge on any atom is 0.494 e. The maximum atomic E-state index is 6.36. The molecule has 156 valence electrons. The number of fused-ring (bicyclic) bond motifs is 5. The van der Waals surface area contributed by atoms with E-state index in [9.17, 15) is 0 Å². The van der Waals surface area contributed by atoms with Gasteiger partial charge in [0.05, 0.1) is 27.9 Å². The van der Waals surface area contributed by atoms with Gasteiger partial charge >= 0.3 is 7.12 Å². The lowest BCUT2D eigenvalue weighted by Gasteiger charge is -2.35. The number of nitrogens with zero attached hydrogens (tertiary/aromatic N) is 1. The average molecular weight is 409 g/mol. The zero-order valence-electron chi connectivity index (χ0n) is 19.1. The van der Waals surface area contributed by atoms with Crippen LogP contribution in [-0.2, 0) is 14.7 Å². The molecule has 0 spiro atoms. The Kier molecular flexibility index (Phi) is 3.59. The third-order valence-corrected chi connectivity index (χ3v) is 7.83. The largest absolute Gasteiger partial charge is 0.494 e. The SMILES string of the molecule is CC1(C)c2cc(B3OC(C)(C)C(C)(C)O3)ccc2-n2c3ccccc3c3cccc1c32. The molecular formula is C27H28BNO2. The van der Waals surface area contributed by atoms with Crippen molar-refractivity contribution in [3.8, 4) is 5.69 Å². The van der Waals surface area contributed by atoms with Crippen molar-refractivity contribution in [1.29, 1.82) is 0 Å². The predicted octanol–water partition coefficient (Wildman–Crippen LogP) is 5.72. The summed E-state index contributed by atoms with van der Waals surface area (Å²) in [6.45, 7) is 13.1. The number of para-hydroxylation sites is 2. The first kappa shape index (κ1) is 19.2. The minimum Gasteiger partial charge on any atom is -0.399 e. The molecule has 31 heavy (non-hydrogen) atoms.